The first-order chi connectivity index (χ1) is 8.19. The standard InChI is InChI=1S/C11H17N3O2S/c1-8(2)13(3-5-15)10-9(7-16)14-4-6-17-11(14)12-10/h4,6,8,15-16H,3,5,7H2,1-2H3. The number of anilines is 1. The van der Waals surface area contributed by atoms with Crippen molar-refractivity contribution in [2.24, 2.45) is 0 Å². The van der Waals surface area contributed by atoms with Gasteiger partial charge in [-0.2, -0.15) is 0 Å². The highest BCUT2D eigenvalue weighted by molar-refractivity contribution is 7.15. The minimum Gasteiger partial charge on any atom is -0.395 e. The lowest BCUT2D eigenvalue weighted by molar-refractivity contribution is 0.274. The number of aliphatic hydroxyl groups is 2. The molecule has 2 heterocycles. The van der Waals surface area contributed by atoms with E-state index in [4.69, 9.17) is 5.11 Å². The highest BCUT2D eigenvalue weighted by Crippen LogP contribution is 2.25. The van der Waals surface area contributed by atoms with Crippen molar-refractivity contribution in [1.82, 2.24) is 9.38 Å². The van der Waals surface area contributed by atoms with Gasteiger partial charge in [0.15, 0.2) is 10.8 Å². The average molecular weight is 255 g/mol. The lowest BCUT2D eigenvalue weighted by atomic mass is 10.3. The van der Waals surface area contributed by atoms with E-state index in [1.54, 1.807) is 0 Å². The Bertz CT molecular complexity index is 492. The summed E-state index contributed by atoms with van der Waals surface area (Å²) in [5.41, 5.74) is 0.781. The molecule has 0 amide bonds. The predicted octanol–water partition coefficient (Wildman–Crippen LogP) is 1.10. The van der Waals surface area contributed by atoms with Gasteiger partial charge in [0.1, 0.15) is 0 Å². The first kappa shape index (κ1) is 12.3. The number of nitrogens with zero attached hydrogens (tertiary/aromatic N) is 3. The van der Waals surface area contributed by atoms with Crippen LogP contribution in [0.4, 0.5) is 5.82 Å². The Kier molecular flexibility index (Phi) is 3.66. The van der Waals surface area contributed by atoms with Crippen molar-refractivity contribution in [2.75, 3.05) is 18.1 Å². The second kappa shape index (κ2) is 5.03. The molecule has 17 heavy (non-hydrogen) atoms. The fourth-order valence-electron chi connectivity index (χ4n) is 1.91. The summed E-state index contributed by atoms with van der Waals surface area (Å²) in [5.74, 6) is 0.767. The van der Waals surface area contributed by atoms with E-state index < -0.39 is 0 Å². The molecule has 0 aromatic carbocycles. The number of rotatable bonds is 5. The van der Waals surface area contributed by atoms with Crippen molar-refractivity contribution >= 4 is 22.1 Å². The van der Waals surface area contributed by atoms with E-state index in [9.17, 15) is 5.11 Å². The normalized spacial score (nSPS) is 11.6. The van der Waals surface area contributed by atoms with Crippen LogP contribution in [0, 0.1) is 0 Å². The Morgan fingerprint density at radius 3 is 2.82 bits per heavy atom. The summed E-state index contributed by atoms with van der Waals surface area (Å²) >= 11 is 1.54. The third kappa shape index (κ3) is 2.15. The zero-order valence-corrected chi connectivity index (χ0v) is 10.8. The summed E-state index contributed by atoms with van der Waals surface area (Å²) in [6.07, 6.45) is 1.90. The van der Waals surface area contributed by atoms with Gasteiger partial charge in [0, 0.05) is 24.2 Å². The number of aromatic nitrogens is 2. The van der Waals surface area contributed by atoms with Gasteiger partial charge < -0.3 is 15.1 Å². The molecule has 0 saturated heterocycles. The monoisotopic (exact) mass is 255 g/mol. The van der Waals surface area contributed by atoms with Crippen LogP contribution in [0.2, 0.25) is 0 Å². The first-order valence-corrected chi connectivity index (χ1v) is 6.49. The lowest BCUT2D eigenvalue weighted by Crippen LogP contribution is -2.34. The van der Waals surface area contributed by atoms with Crippen LogP contribution in [-0.4, -0.2) is 38.8 Å². The summed E-state index contributed by atoms with van der Waals surface area (Å²) in [7, 11) is 0. The Labute approximate surface area is 104 Å². The maximum atomic E-state index is 9.48. The molecule has 2 N–H and O–H groups in total. The molecule has 0 spiro atoms. The molecule has 2 aromatic heterocycles. The Hall–Kier alpha value is -1.11. The summed E-state index contributed by atoms with van der Waals surface area (Å²) < 4.78 is 1.90. The van der Waals surface area contributed by atoms with Gasteiger partial charge in [-0.1, -0.05) is 0 Å². The molecule has 0 aliphatic carbocycles. The molecular formula is C11H17N3O2S. The largest absolute Gasteiger partial charge is 0.395 e. The molecule has 0 fully saturated rings. The molecule has 0 aliphatic rings. The van der Waals surface area contributed by atoms with Crippen LogP contribution < -0.4 is 4.90 Å². The average Bonchev–Trinajstić information content (AvgIpc) is 2.84. The SMILES string of the molecule is CC(C)N(CCO)c1nc2sccn2c1CO. The summed E-state index contributed by atoms with van der Waals surface area (Å²) in [6, 6.07) is 0.233. The second-order valence-corrected chi connectivity index (χ2v) is 4.98. The van der Waals surface area contributed by atoms with E-state index in [-0.39, 0.29) is 19.3 Å². The van der Waals surface area contributed by atoms with E-state index in [2.05, 4.69) is 4.98 Å². The van der Waals surface area contributed by atoms with Gasteiger partial charge in [0.2, 0.25) is 0 Å². The summed E-state index contributed by atoms with van der Waals surface area (Å²) in [5, 5.41) is 20.5. The molecule has 94 valence electrons. The number of fused-ring (bicyclic) bond motifs is 1. The van der Waals surface area contributed by atoms with Gasteiger partial charge in [-0.25, -0.2) is 4.98 Å². The molecule has 5 nitrogen and oxygen atoms in total. The second-order valence-electron chi connectivity index (χ2n) is 4.11. The smallest absolute Gasteiger partial charge is 0.195 e. The van der Waals surface area contributed by atoms with Gasteiger partial charge in [0.25, 0.3) is 0 Å². The number of aliphatic hydroxyl groups excluding tert-OH is 2. The fourth-order valence-corrected chi connectivity index (χ4v) is 2.64. The van der Waals surface area contributed by atoms with Crippen LogP contribution in [-0.2, 0) is 6.61 Å². The zero-order chi connectivity index (χ0) is 12.4. The van der Waals surface area contributed by atoms with Crippen molar-refractivity contribution in [3.63, 3.8) is 0 Å². The van der Waals surface area contributed by atoms with Crippen LogP contribution >= 0.6 is 11.3 Å². The van der Waals surface area contributed by atoms with E-state index in [0.717, 1.165) is 16.5 Å². The molecule has 0 atom stereocenters. The van der Waals surface area contributed by atoms with Crippen molar-refractivity contribution in [3.8, 4) is 0 Å². The number of hydrogen-bond donors (Lipinski definition) is 2. The van der Waals surface area contributed by atoms with Gasteiger partial charge in [-0.3, -0.25) is 4.40 Å². The van der Waals surface area contributed by atoms with Gasteiger partial charge in [-0.05, 0) is 13.8 Å². The van der Waals surface area contributed by atoms with Crippen LogP contribution in [0.1, 0.15) is 19.5 Å². The van der Waals surface area contributed by atoms with E-state index >= 15 is 0 Å². The zero-order valence-electron chi connectivity index (χ0n) is 10.00. The minimum atomic E-state index is -0.0537. The maximum Gasteiger partial charge on any atom is 0.195 e. The number of thiazole rings is 1. The molecule has 0 saturated carbocycles. The van der Waals surface area contributed by atoms with Crippen LogP contribution in [0.25, 0.3) is 4.96 Å². The number of imidazole rings is 1. The highest BCUT2D eigenvalue weighted by Gasteiger charge is 2.20. The number of hydrogen-bond acceptors (Lipinski definition) is 5. The Morgan fingerprint density at radius 1 is 1.47 bits per heavy atom. The minimum absolute atomic E-state index is 0.0537. The van der Waals surface area contributed by atoms with Crippen molar-refractivity contribution in [1.29, 1.82) is 0 Å². The third-order valence-electron chi connectivity index (χ3n) is 2.73. The molecule has 0 aliphatic heterocycles. The molecule has 0 bridgehead atoms. The first-order valence-electron chi connectivity index (χ1n) is 5.61. The maximum absolute atomic E-state index is 9.48. The van der Waals surface area contributed by atoms with Gasteiger partial charge in [0.05, 0.1) is 18.9 Å². The quantitative estimate of drug-likeness (QED) is 0.840. The molecule has 2 rings (SSSR count). The van der Waals surface area contributed by atoms with Crippen LogP contribution in [0.15, 0.2) is 11.6 Å². The van der Waals surface area contributed by atoms with Crippen LogP contribution in [0.3, 0.4) is 0 Å². The Morgan fingerprint density at radius 2 is 2.24 bits per heavy atom. The topological polar surface area (TPSA) is 61.0 Å². The van der Waals surface area contributed by atoms with Crippen molar-refractivity contribution in [3.05, 3.63) is 17.3 Å². The predicted molar refractivity (Wildman–Crippen MR) is 68.6 cm³/mol. The third-order valence-corrected chi connectivity index (χ3v) is 3.48. The van der Waals surface area contributed by atoms with E-state index in [1.807, 2.05) is 34.7 Å². The molecular weight excluding hydrogens is 238 g/mol. The highest BCUT2D eigenvalue weighted by atomic mass is 32.1. The fraction of sp³-hybridized carbons (Fsp3) is 0.545. The molecule has 0 unspecified atom stereocenters. The summed E-state index contributed by atoms with van der Waals surface area (Å²) in [6.45, 7) is 4.64. The summed E-state index contributed by atoms with van der Waals surface area (Å²) in [4.78, 5) is 7.39. The molecule has 2 aromatic rings. The molecule has 0 radical (unpaired) electrons. The Balaban J connectivity index is 2.47. The van der Waals surface area contributed by atoms with Crippen LogP contribution in [0.5, 0.6) is 0 Å². The van der Waals surface area contributed by atoms with E-state index in [0.29, 0.717) is 6.54 Å². The van der Waals surface area contributed by atoms with Gasteiger partial charge in [-0.15, -0.1) is 11.3 Å². The van der Waals surface area contributed by atoms with E-state index in [1.165, 1.54) is 11.3 Å². The van der Waals surface area contributed by atoms with Crippen molar-refractivity contribution < 1.29 is 10.2 Å². The molecule has 6 heteroatoms. The lowest BCUT2D eigenvalue weighted by Gasteiger charge is -2.26. The van der Waals surface area contributed by atoms with Crippen molar-refractivity contribution in [2.45, 2.75) is 26.5 Å². The van der Waals surface area contributed by atoms with Gasteiger partial charge >= 0.3 is 0 Å².